The number of nitrogens with one attached hydrogen (secondary N) is 1. The van der Waals surface area contributed by atoms with Crippen molar-refractivity contribution in [3.63, 3.8) is 0 Å². The van der Waals surface area contributed by atoms with Crippen molar-refractivity contribution in [3.8, 4) is 22.5 Å². The molecule has 156 valence electrons. The predicted molar refractivity (Wildman–Crippen MR) is 109 cm³/mol. The molecule has 3 atom stereocenters. The van der Waals surface area contributed by atoms with Crippen LogP contribution in [-0.2, 0) is 6.54 Å². The molecule has 0 unspecified atom stereocenters. The second kappa shape index (κ2) is 7.66. The number of aliphatic hydroxyl groups excluding tert-OH is 2. The zero-order chi connectivity index (χ0) is 20.7. The molecule has 4 heterocycles. The van der Waals surface area contributed by atoms with Gasteiger partial charge in [0.2, 0.25) is 6.20 Å². The largest absolute Gasteiger partial charge is 0.394 e. The van der Waals surface area contributed by atoms with Crippen molar-refractivity contribution in [2.45, 2.75) is 44.9 Å². The highest BCUT2D eigenvalue weighted by Gasteiger charge is 2.27. The number of aromatic nitrogens is 7. The van der Waals surface area contributed by atoms with Crippen LogP contribution in [0.3, 0.4) is 0 Å². The second-order valence-corrected chi connectivity index (χ2v) is 8.16. The van der Waals surface area contributed by atoms with Gasteiger partial charge in [-0.3, -0.25) is 9.36 Å². The number of H-pyrrole nitrogens is 1. The third kappa shape index (κ3) is 3.40. The quantitative estimate of drug-likeness (QED) is 0.420. The number of hydrogen-bond donors (Lipinski definition) is 3. The van der Waals surface area contributed by atoms with Gasteiger partial charge in [-0.1, -0.05) is 17.9 Å². The monoisotopic (exact) mass is 408 g/mol. The van der Waals surface area contributed by atoms with Crippen LogP contribution in [0.4, 0.5) is 0 Å². The van der Waals surface area contributed by atoms with Crippen LogP contribution in [0, 0.1) is 5.92 Å². The first-order chi connectivity index (χ1) is 14.6. The normalized spacial score (nSPS) is 20.2. The van der Waals surface area contributed by atoms with Gasteiger partial charge in [-0.25, -0.2) is 4.98 Å². The van der Waals surface area contributed by atoms with Crippen molar-refractivity contribution in [1.29, 1.82) is 0 Å². The summed E-state index contributed by atoms with van der Waals surface area (Å²) in [4.78, 5) is 4.93. The lowest BCUT2D eigenvalue weighted by Gasteiger charge is -2.15. The summed E-state index contributed by atoms with van der Waals surface area (Å²) in [5.74, 6) is 0.638. The Morgan fingerprint density at radius 3 is 2.90 bits per heavy atom. The lowest BCUT2D eigenvalue weighted by molar-refractivity contribution is -0.576. The number of hydrogen-bond acceptors (Lipinski definition) is 5. The molecule has 1 aliphatic rings. The average molecular weight is 408 g/mol. The highest BCUT2D eigenvalue weighted by Crippen LogP contribution is 2.35. The van der Waals surface area contributed by atoms with Gasteiger partial charge in [0.25, 0.3) is 5.52 Å². The standard InChI is InChI=1S/C21H25N7O2/c1-14-3-2-4-19(14)27-10-16(8-24-27)21-20-5-6-22-28(20)12-18(25-21)15-7-23-26(9-15)11-17(30)13-29/h5-10,12,14,17,19,29-30H,2-4,11,13H2,1H3/p+1/t14-,17-,19+/m1/s1. The molecular weight excluding hydrogens is 382 g/mol. The molecule has 0 radical (unpaired) electrons. The first-order valence-corrected chi connectivity index (χ1v) is 10.4. The number of rotatable bonds is 6. The molecule has 0 amide bonds. The van der Waals surface area contributed by atoms with Gasteiger partial charge in [0.05, 0.1) is 43.9 Å². The number of fused-ring (bicyclic) bond motifs is 1. The Morgan fingerprint density at radius 1 is 1.23 bits per heavy atom. The summed E-state index contributed by atoms with van der Waals surface area (Å²) >= 11 is 0. The summed E-state index contributed by atoms with van der Waals surface area (Å²) in [6.45, 7) is 2.22. The topological polar surface area (TPSA) is 109 Å². The predicted octanol–water partition coefficient (Wildman–Crippen LogP) is 1.59. The Morgan fingerprint density at radius 2 is 2.10 bits per heavy atom. The maximum Gasteiger partial charge on any atom is 0.263 e. The van der Waals surface area contributed by atoms with Gasteiger partial charge < -0.3 is 10.2 Å². The molecule has 9 nitrogen and oxygen atoms in total. The Hall–Kier alpha value is -3.04. The van der Waals surface area contributed by atoms with E-state index in [1.54, 1.807) is 10.9 Å². The van der Waals surface area contributed by atoms with Crippen molar-refractivity contribution in [2.24, 2.45) is 5.92 Å². The van der Waals surface area contributed by atoms with Gasteiger partial charge >= 0.3 is 0 Å². The first-order valence-electron chi connectivity index (χ1n) is 10.4. The molecule has 5 rings (SSSR count). The maximum atomic E-state index is 9.66. The van der Waals surface area contributed by atoms with E-state index in [0.717, 1.165) is 28.0 Å². The smallest absolute Gasteiger partial charge is 0.263 e. The number of nitrogens with zero attached hydrogens (tertiary/aromatic N) is 6. The fourth-order valence-electron chi connectivity index (χ4n) is 4.36. The highest BCUT2D eigenvalue weighted by atomic mass is 16.3. The van der Waals surface area contributed by atoms with E-state index in [1.165, 1.54) is 19.3 Å². The minimum absolute atomic E-state index is 0.230. The summed E-state index contributed by atoms with van der Waals surface area (Å²) in [6.07, 6.45) is 14.2. The van der Waals surface area contributed by atoms with E-state index in [1.807, 2.05) is 35.4 Å². The van der Waals surface area contributed by atoms with E-state index >= 15 is 0 Å². The number of aliphatic hydroxyl groups is 2. The summed E-state index contributed by atoms with van der Waals surface area (Å²) in [5.41, 5.74) is 4.41. The van der Waals surface area contributed by atoms with Gasteiger partial charge in [0, 0.05) is 29.6 Å². The van der Waals surface area contributed by atoms with Crippen LogP contribution in [0.1, 0.15) is 32.2 Å². The van der Waals surface area contributed by atoms with Crippen LogP contribution >= 0.6 is 0 Å². The third-order valence-electron chi connectivity index (χ3n) is 6.01. The summed E-state index contributed by atoms with van der Waals surface area (Å²) in [5, 5.41) is 30.9. The highest BCUT2D eigenvalue weighted by molar-refractivity contribution is 5.74. The average Bonchev–Trinajstić information content (AvgIpc) is 3.53. The third-order valence-corrected chi connectivity index (χ3v) is 6.01. The van der Waals surface area contributed by atoms with Crippen LogP contribution in [0.5, 0.6) is 0 Å². The summed E-state index contributed by atoms with van der Waals surface area (Å²) in [7, 11) is 0. The molecule has 9 heteroatoms. The van der Waals surface area contributed by atoms with Crippen molar-refractivity contribution >= 4 is 5.52 Å². The molecule has 0 saturated heterocycles. The van der Waals surface area contributed by atoms with Crippen LogP contribution in [0.25, 0.3) is 28.0 Å². The molecule has 1 aliphatic carbocycles. The Balaban J connectivity index is 1.52. The van der Waals surface area contributed by atoms with Gasteiger partial charge in [0.1, 0.15) is 11.4 Å². The fraction of sp³-hybridized carbons (Fsp3) is 0.429. The minimum atomic E-state index is -0.842. The lowest BCUT2D eigenvalue weighted by atomic mass is 10.1. The van der Waals surface area contributed by atoms with E-state index in [-0.39, 0.29) is 13.2 Å². The van der Waals surface area contributed by atoms with Crippen LogP contribution in [0.15, 0.2) is 43.2 Å². The van der Waals surface area contributed by atoms with Gasteiger partial charge in [-0.15, -0.1) is 0 Å². The molecule has 1 saturated carbocycles. The molecule has 0 aliphatic heterocycles. The van der Waals surface area contributed by atoms with E-state index in [9.17, 15) is 5.11 Å². The van der Waals surface area contributed by atoms with Gasteiger partial charge in [-0.2, -0.15) is 15.3 Å². The Kier molecular flexibility index (Phi) is 4.84. The SMILES string of the molecule is C[C@@H]1CCC[C@@H]1n1cc(-c2nc(-c3cnn(C[C@@H](O)CO)c3)c[n+]3[nH]ccc23)cn1. The van der Waals surface area contributed by atoms with Gasteiger partial charge in [0.15, 0.2) is 0 Å². The molecule has 3 N–H and O–H groups in total. The van der Waals surface area contributed by atoms with E-state index < -0.39 is 6.10 Å². The van der Waals surface area contributed by atoms with Crippen molar-refractivity contribution in [1.82, 2.24) is 29.6 Å². The Bertz CT molecular complexity index is 1160. The molecule has 4 aromatic rings. The molecule has 4 aromatic heterocycles. The van der Waals surface area contributed by atoms with Crippen LogP contribution in [0.2, 0.25) is 0 Å². The molecular formula is C21H26N7O2+. The molecule has 1 fully saturated rings. The maximum absolute atomic E-state index is 9.66. The minimum Gasteiger partial charge on any atom is -0.394 e. The zero-order valence-electron chi connectivity index (χ0n) is 16.9. The molecule has 0 bridgehead atoms. The fourth-order valence-corrected chi connectivity index (χ4v) is 4.36. The van der Waals surface area contributed by atoms with E-state index in [2.05, 4.69) is 33.1 Å². The zero-order valence-corrected chi connectivity index (χ0v) is 16.9. The van der Waals surface area contributed by atoms with Crippen LogP contribution < -0.4 is 4.52 Å². The van der Waals surface area contributed by atoms with Crippen LogP contribution in [-0.4, -0.2) is 52.6 Å². The van der Waals surface area contributed by atoms with Gasteiger partial charge in [-0.05, 0) is 18.8 Å². The number of aromatic amines is 1. The van der Waals surface area contributed by atoms with Crippen molar-refractivity contribution < 1.29 is 14.7 Å². The van der Waals surface area contributed by atoms with Crippen molar-refractivity contribution in [3.05, 3.63) is 43.2 Å². The molecule has 30 heavy (non-hydrogen) atoms. The Labute approximate surface area is 173 Å². The molecule has 0 spiro atoms. The van der Waals surface area contributed by atoms with Crippen molar-refractivity contribution in [2.75, 3.05) is 6.61 Å². The van der Waals surface area contributed by atoms with E-state index in [4.69, 9.17) is 10.1 Å². The second-order valence-electron chi connectivity index (χ2n) is 8.16. The lowest BCUT2D eigenvalue weighted by Crippen LogP contribution is -2.24. The summed E-state index contributed by atoms with van der Waals surface area (Å²) in [6, 6.07) is 2.45. The molecule has 0 aromatic carbocycles. The van der Waals surface area contributed by atoms with E-state index in [0.29, 0.717) is 12.0 Å². The summed E-state index contributed by atoms with van der Waals surface area (Å²) < 4.78 is 5.65. The first kappa shape index (κ1) is 19.0.